The highest BCUT2D eigenvalue weighted by molar-refractivity contribution is 5.36. The zero-order chi connectivity index (χ0) is 11.1. The third kappa shape index (κ3) is 1.81. The Morgan fingerprint density at radius 2 is 2.00 bits per heavy atom. The van der Waals surface area contributed by atoms with E-state index in [0.717, 1.165) is 18.9 Å². The molecule has 1 aromatic carbocycles. The molecule has 0 saturated heterocycles. The van der Waals surface area contributed by atoms with E-state index in [1.54, 1.807) is 0 Å². The highest BCUT2D eigenvalue weighted by atomic mass is 19.1. The van der Waals surface area contributed by atoms with Gasteiger partial charge in [0.2, 0.25) is 0 Å². The lowest BCUT2D eigenvalue weighted by Gasteiger charge is -2.22. The standard InChI is InChI=1S/C13H14F2/c1-9-5-6-13(2,8-9)11-7-10(14)3-4-12(11)15/h3-4,7-8H,5-6H2,1-2H3/t13-/m1/s1. The van der Waals surface area contributed by atoms with Gasteiger partial charge < -0.3 is 0 Å². The van der Waals surface area contributed by atoms with E-state index < -0.39 is 0 Å². The fourth-order valence-corrected chi connectivity index (χ4v) is 2.29. The SMILES string of the molecule is CC1=C[C@](C)(c2cc(F)ccc2F)CC1. The Morgan fingerprint density at radius 1 is 1.27 bits per heavy atom. The van der Waals surface area contributed by atoms with Gasteiger partial charge in [0.15, 0.2) is 0 Å². The zero-order valence-corrected chi connectivity index (χ0v) is 8.98. The summed E-state index contributed by atoms with van der Waals surface area (Å²) in [6, 6.07) is 3.68. The predicted molar refractivity (Wildman–Crippen MR) is 56.7 cm³/mol. The van der Waals surface area contributed by atoms with Gasteiger partial charge in [-0.2, -0.15) is 0 Å². The number of allylic oxidation sites excluding steroid dienone is 2. The Balaban J connectivity index is 2.49. The topological polar surface area (TPSA) is 0 Å². The summed E-state index contributed by atoms with van der Waals surface area (Å²) < 4.78 is 26.7. The Bertz CT molecular complexity index is 421. The molecular weight excluding hydrogens is 194 g/mol. The van der Waals surface area contributed by atoms with E-state index in [-0.39, 0.29) is 17.0 Å². The van der Waals surface area contributed by atoms with E-state index in [2.05, 4.69) is 0 Å². The monoisotopic (exact) mass is 208 g/mol. The minimum absolute atomic E-state index is 0.315. The van der Waals surface area contributed by atoms with E-state index >= 15 is 0 Å². The molecule has 0 radical (unpaired) electrons. The third-order valence-corrected chi connectivity index (χ3v) is 3.15. The molecule has 80 valence electrons. The van der Waals surface area contributed by atoms with Gasteiger partial charge >= 0.3 is 0 Å². The van der Waals surface area contributed by atoms with Crippen LogP contribution in [-0.2, 0) is 5.41 Å². The van der Waals surface area contributed by atoms with Crippen LogP contribution in [0.3, 0.4) is 0 Å². The maximum absolute atomic E-state index is 13.6. The summed E-state index contributed by atoms with van der Waals surface area (Å²) in [7, 11) is 0. The molecule has 0 spiro atoms. The largest absolute Gasteiger partial charge is 0.207 e. The van der Waals surface area contributed by atoms with Crippen molar-refractivity contribution in [1.29, 1.82) is 0 Å². The van der Waals surface area contributed by atoms with Gasteiger partial charge in [-0.25, -0.2) is 8.78 Å². The van der Waals surface area contributed by atoms with Crippen LogP contribution in [0.2, 0.25) is 0 Å². The van der Waals surface area contributed by atoms with Crippen LogP contribution >= 0.6 is 0 Å². The average molecular weight is 208 g/mol. The van der Waals surface area contributed by atoms with Gasteiger partial charge in [-0.3, -0.25) is 0 Å². The molecule has 0 nitrogen and oxygen atoms in total. The Morgan fingerprint density at radius 3 is 2.60 bits per heavy atom. The number of halogens is 2. The Hall–Kier alpha value is -1.18. The summed E-state index contributed by atoms with van der Waals surface area (Å²) >= 11 is 0. The number of rotatable bonds is 1. The van der Waals surface area contributed by atoms with Crippen molar-refractivity contribution >= 4 is 0 Å². The molecule has 2 heteroatoms. The van der Waals surface area contributed by atoms with Crippen LogP contribution in [0.5, 0.6) is 0 Å². The van der Waals surface area contributed by atoms with E-state index in [4.69, 9.17) is 0 Å². The van der Waals surface area contributed by atoms with Crippen molar-refractivity contribution in [2.45, 2.75) is 32.1 Å². The maximum atomic E-state index is 13.6. The Kier molecular flexibility index (Phi) is 2.37. The molecule has 0 heterocycles. The van der Waals surface area contributed by atoms with Crippen molar-refractivity contribution in [2.24, 2.45) is 0 Å². The Labute approximate surface area is 88.6 Å². The van der Waals surface area contributed by atoms with Gasteiger partial charge in [0, 0.05) is 11.0 Å². The number of hydrogen-bond donors (Lipinski definition) is 0. The first kappa shape index (κ1) is 10.3. The molecule has 1 aromatic rings. The van der Waals surface area contributed by atoms with E-state index in [1.807, 2.05) is 19.9 Å². The van der Waals surface area contributed by atoms with Crippen LogP contribution < -0.4 is 0 Å². The summed E-state index contributed by atoms with van der Waals surface area (Å²) in [4.78, 5) is 0. The summed E-state index contributed by atoms with van der Waals surface area (Å²) in [5.41, 5.74) is 1.39. The predicted octanol–water partition coefficient (Wildman–Crippen LogP) is 3.96. The van der Waals surface area contributed by atoms with Gasteiger partial charge in [-0.05, 0) is 38.0 Å². The van der Waals surface area contributed by atoms with Gasteiger partial charge in [0.1, 0.15) is 11.6 Å². The first-order valence-corrected chi connectivity index (χ1v) is 5.15. The van der Waals surface area contributed by atoms with Crippen molar-refractivity contribution in [3.8, 4) is 0 Å². The molecule has 0 N–H and O–H groups in total. The lowest BCUT2D eigenvalue weighted by atomic mass is 9.82. The lowest BCUT2D eigenvalue weighted by molar-refractivity contribution is 0.510. The second kappa shape index (κ2) is 3.44. The maximum Gasteiger partial charge on any atom is 0.127 e. The summed E-state index contributed by atoms with van der Waals surface area (Å²) in [6.07, 6.45) is 3.87. The highest BCUT2D eigenvalue weighted by Crippen LogP contribution is 2.39. The summed E-state index contributed by atoms with van der Waals surface area (Å²) in [5, 5.41) is 0. The van der Waals surface area contributed by atoms with Gasteiger partial charge in [-0.1, -0.05) is 18.6 Å². The molecule has 0 aromatic heterocycles. The van der Waals surface area contributed by atoms with Crippen LogP contribution in [0.25, 0.3) is 0 Å². The second-order valence-corrected chi connectivity index (χ2v) is 4.53. The summed E-state index contributed by atoms with van der Waals surface area (Å²) in [5.74, 6) is -0.685. The molecule has 0 aliphatic heterocycles. The van der Waals surface area contributed by atoms with Crippen LogP contribution in [0.1, 0.15) is 32.3 Å². The molecule has 0 fully saturated rings. The minimum atomic E-state index is -0.370. The van der Waals surface area contributed by atoms with Crippen molar-refractivity contribution in [3.05, 3.63) is 47.0 Å². The molecule has 15 heavy (non-hydrogen) atoms. The molecule has 2 rings (SSSR count). The van der Waals surface area contributed by atoms with Crippen LogP contribution in [-0.4, -0.2) is 0 Å². The molecule has 0 bridgehead atoms. The van der Waals surface area contributed by atoms with E-state index in [0.29, 0.717) is 5.56 Å². The van der Waals surface area contributed by atoms with Crippen molar-refractivity contribution in [2.75, 3.05) is 0 Å². The lowest BCUT2D eigenvalue weighted by Crippen LogP contribution is -2.17. The fourth-order valence-electron chi connectivity index (χ4n) is 2.29. The average Bonchev–Trinajstić information content (AvgIpc) is 2.52. The van der Waals surface area contributed by atoms with Crippen LogP contribution in [0.4, 0.5) is 8.78 Å². The summed E-state index contributed by atoms with van der Waals surface area (Å²) in [6.45, 7) is 3.99. The van der Waals surface area contributed by atoms with Crippen LogP contribution in [0.15, 0.2) is 29.8 Å². The highest BCUT2D eigenvalue weighted by Gasteiger charge is 2.31. The van der Waals surface area contributed by atoms with E-state index in [1.165, 1.54) is 17.7 Å². The van der Waals surface area contributed by atoms with Crippen molar-refractivity contribution < 1.29 is 8.78 Å². The fraction of sp³-hybridized carbons (Fsp3) is 0.385. The normalized spacial score (nSPS) is 25.5. The molecule has 1 aliphatic carbocycles. The molecule has 0 saturated carbocycles. The smallest absolute Gasteiger partial charge is 0.127 e. The van der Waals surface area contributed by atoms with Crippen molar-refractivity contribution in [1.82, 2.24) is 0 Å². The quantitative estimate of drug-likeness (QED) is 0.613. The first-order chi connectivity index (χ1) is 7.01. The molecule has 0 unspecified atom stereocenters. The second-order valence-electron chi connectivity index (χ2n) is 4.53. The number of benzene rings is 1. The first-order valence-electron chi connectivity index (χ1n) is 5.15. The number of hydrogen-bond acceptors (Lipinski definition) is 0. The van der Waals surface area contributed by atoms with Gasteiger partial charge in [0.05, 0.1) is 0 Å². The molecule has 1 aliphatic rings. The third-order valence-electron chi connectivity index (χ3n) is 3.15. The molecule has 0 amide bonds. The molecular formula is C13H14F2. The molecule has 1 atom stereocenters. The van der Waals surface area contributed by atoms with Crippen molar-refractivity contribution in [3.63, 3.8) is 0 Å². The van der Waals surface area contributed by atoms with Gasteiger partial charge in [0.25, 0.3) is 0 Å². The zero-order valence-electron chi connectivity index (χ0n) is 8.98. The van der Waals surface area contributed by atoms with Gasteiger partial charge in [-0.15, -0.1) is 0 Å². The van der Waals surface area contributed by atoms with E-state index in [9.17, 15) is 8.78 Å². The van der Waals surface area contributed by atoms with Crippen LogP contribution in [0, 0.1) is 11.6 Å². The minimum Gasteiger partial charge on any atom is -0.207 e.